The van der Waals surface area contributed by atoms with Crippen LogP contribution < -0.4 is 10.1 Å². The highest BCUT2D eigenvalue weighted by molar-refractivity contribution is 5.28. The second kappa shape index (κ2) is 8.87. The molecule has 1 rings (SSSR count). The summed E-state index contributed by atoms with van der Waals surface area (Å²) < 4.78 is 33.8. The van der Waals surface area contributed by atoms with Crippen molar-refractivity contribution >= 4 is 0 Å². The Balaban J connectivity index is 2.30. The van der Waals surface area contributed by atoms with Gasteiger partial charge in [0.15, 0.2) is 0 Å². The normalized spacial score (nSPS) is 12.9. The molecule has 0 bridgehead atoms. The quantitative estimate of drug-likeness (QED) is 0.702. The number of benzene rings is 1. The van der Waals surface area contributed by atoms with Gasteiger partial charge in [0.25, 0.3) is 0 Å². The fourth-order valence-electron chi connectivity index (χ4n) is 1.77. The van der Waals surface area contributed by atoms with Gasteiger partial charge in [-0.25, -0.2) is 0 Å². The Morgan fingerprint density at radius 2 is 1.75 bits per heavy atom. The summed E-state index contributed by atoms with van der Waals surface area (Å²) in [6.07, 6.45) is 1.20. The molecule has 1 atom stereocenters. The predicted molar refractivity (Wildman–Crippen MR) is 75.2 cm³/mol. The van der Waals surface area contributed by atoms with Gasteiger partial charge in [0, 0.05) is 12.6 Å². The van der Waals surface area contributed by atoms with Crippen molar-refractivity contribution in [1.82, 2.24) is 5.32 Å². The molecule has 1 unspecified atom stereocenters. The molecule has 0 fully saturated rings. The highest BCUT2D eigenvalue weighted by Crippen LogP contribution is 2.19. The van der Waals surface area contributed by atoms with E-state index < -0.39 is 6.61 Å². The minimum atomic E-state index is -2.78. The summed E-state index contributed by atoms with van der Waals surface area (Å²) in [7, 11) is 0. The summed E-state index contributed by atoms with van der Waals surface area (Å²) in [6.45, 7) is 4.86. The summed E-state index contributed by atoms with van der Waals surface area (Å²) in [5, 5.41) is 3.36. The number of hydrogen-bond acceptors (Lipinski definition) is 3. The maximum Gasteiger partial charge on any atom is 0.387 e. The summed E-state index contributed by atoms with van der Waals surface area (Å²) in [6, 6.07) is 6.86. The molecule has 3 nitrogen and oxygen atoms in total. The van der Waals surface area contributed by atoms with Crippen molar-refractivity contribution in [2.75, 3.05) is 13.2 Å². The van der Waals surface area contributed by atoms with E-state index in [1.54, 1.807) is 24.3 Å². The maximum atomic E-state index is 12.0. The summed E-state index contributed by atoms with van der Waals surface area (Å²) in [5.41, 5.74) is 1.04. The summed E-state index contributed by atoms with van der Waals surface area (Å²) >= 11 is 0. The first-order valence-corrected chi connectivity index (χ1v) is 6.88. The van der Waals surface area contributed by atoms with Gasteiger partial charge in [0.2, 0.25) is 0 Å². The van der Waals surface area contributed by atoms with Gasteiger partial charge in [-0.05, 0) is 51.4 Å². The molecule has 1 N–H and O–H groups in total. The van der Waals surface area contributed by atoms with Crippen molar-refractivity contribution in [3.8, 4) is 5.75 Å². The fourth-order valence-corrected chi connectivity index (χ4v) is 1.77. The lowest BCUT2D eigenvalue weighted by molar-refractivity contribution is -0.0498. The van der Waals surface area contributed by atoms with E-state index in [9.17, 15) is 8.78 Å². The van der Waals surface area contributed by atoms with Gasteiger partial charge in [-0.1, -0.05) is 12.1 Å². The molecule has 5 heteroatoms. The smallest absolute Gasteiger partial charge is 0.387 e. The molecule has 114 valence electrons. The molecule has 0 aliphatic rings. The molecule has 0 radical (unpaired) electrons. The van der Waals surface area contributed by atoms with Crippen LogP contribution in [0.15, 0.2) is 24.3 Å². The third kappa shape index (κ3) is 6.82. The Bertz CT molecular complexity index is 369. The van der Waals surface area contributed by atoms with Crippen LogP contribution in [0.1, 0.15) is 38.8 Å². The molecule has 1 aromatic rings. The standard InChI is InChI=1S/C15H23F2NO2/c1-11(2)19-10-4-9-18-12(3)13-5-7-14(8-6-13)20-15(16)17/h5-8,11-12,15,18H,4,9-10H2,1-3H3. The van der Waals surface area contributed by atoms with E-state index >= 15 is 0 Å². The minimum absolute atomic E-state index is 0.162. The summed E-state index contributed by atoms with van der Waals surface area (Å²) in [4.78, 5) is 0. The average molecular weight is 287 g/mol. The minimum Gasteiger partial charge on any atom is -0.435 e. The fraction of sp³-hybridized carbons (Fsp3) is 0.600. The third-order valence-corrected chi connectivity index (χ3v) is 2.83. The predicted octanol–water partition coefficient (Wildman–Crippen LogP) is 3.75. The van der Waals surface area contributed by atoms with E-state index in [1.165, 1.54) is 0 Å². The molecule has 1 aromatic carbocycles. The molecule has 0 aromatic heterocycles. The number of nitrogens with one attached hydrogen (secondary N) is 1. The molecular formula is C15H23F2NO2. The van der Waals surface area contributed by atoms with Gasteiger partial charge in [-0.3, -0.25) is 0 Å². The van der Waals surface area contributed by atoms with Crippen LogP contribution in [0.2, 0.25) is 0 Å². The van der Waals surface area contributed by atoms with Crippen LogP contribution in [0.3, 0.4) is 0 Å². The van der Waals surface area contributed by atoms with Crippen molar-refractivity contribution in [3.05, 3.63) is 29.8 Å². The number of alkyl halides is 2. The Hall–Kier alpha value is -1.20. The van der Waals surface area contributed by atoms with Gasteiger partial charge in [-0.2, -0.15) is 8.78 Å². The molecule has 0 aliphatic heterocycles. The Kier molecular flexibility index (Phi) is 7.47. The first kappa shape index (κ1) is 16.9. The molecule has 20 heavy (non-hydrogen) atoms. The van der Waals surface area contributed by atoms with E-state index in [0.717, 1.165) is 25.1 Å². The number of hydrogen-bond donors (Lipinski definition) is 1. The SMILES string of the molecule is CC(C)OCCCNC(C)c1ccc(OC(F)F)cc1. The average Bonchev–Trinajstić information content (AvgIpc) is 2.38. The van der Waals surface area contributed by atoms with Gasteiger partial charge in [0.05, 0.1) is 6.10 Å². The van der Waals surface area contributed by atoms with Crippen molar-refractivity contribution in [2.45, 2.75) is 45.9 Å². The first-order valence-electron chi connectivity index (χ1n) is 6.88. The van der Waals surface area contributed by atoms with E-state index in [4.69, 9.17) is 4.74 Å². The lowest BCUT2D eigenvalue weighted by Crippen LogP contribution is -2.21. The topological polar surface area (TPSA) is 30.5 Å². The summed E-state index contributed by atoms with van der Waals surface area (Å²) in [5.74, 6) is 0.182. The van der Waals surface area contributed by atoms with Crippen molar-refractivity contribution in [3.63, 3.8) is 0 Å². The van der Waals surface area contributed by atoms with Crippen LogP contribution in [-0.4, -0.2) is 25.9 Å². The molecule has 0 spiro atoms. The first-order chi connectivity index (χ1) is 9.49. The van der Waals surface area contributed by atoms with Crippen LogP contribution >= 0.6 is 0 Å². The van der Waals surface area contributed by atoms with Crippen LogP contribution in [-0.2, 0) is 4.74 Å². The zero-order chi connectivity index (χ0) is 15.0. The van der Waals surface area contributed by atoms with Gasteiger partial charge in [-0.15, -0.1) is 0 Å². The van der Waals surface area contributed by atoms with E-state index in [1.807, 2.05) is 20.8 Å². The van der Waals surface area contributed by atoms with Gasteiger partial charge in [0.1, 0.15) is 5.75 Å². The largest absolute Gasteiger partial charge is 0.435 e. The van der Waals surface area contributed by atoms with Crippen LogP contribution in [0.25, 0.3) is 0 Å². The molecular weight excluding hydrogens is 264 g/mol. The maximum absolute atomic E-state index is 12.0. The van der Waals surface area contributed by atoms with Gasteiger partial charge < -0.3 is 14.8 Å². The highest BCUT2D eigenvalue weighted by atomic mass is 19.3. The second-order valence-electron chi connectivity index (χ2n) is 4.90. The van der Waals surface area contributed by atoms with E-state index in [2.05, 4.69) is 10.1 Å². The van der Waals surface area contributed by atoms with E-state index in [0.29, 0.717) is 0 Å². The van der Waals surface area contributed by atoms with Crippen LogP contribution in [0.4, 0.5) is 8.78 Å². The zero-order valence-corrected chi connectivity index (χ0v) is 12.2. The Labute approximate surface area is 119 Å². The van der Waals surface area contributed by atoms with Crippen molar-refractivity contribution in [2.24, 2.45) is 0 Å². The lowest BCUT2D eigenvalue weighted by atomic mass is 10.1. The Morgan fingerprint density at radius 1 is 1.10 bits per heavy atom. The second-order valence-corrected chi connectivity index (χ2v) is 4.90. The molecule has 0 saturated carbocycles. The number of rotatable bonds is 9. The molecule has 0 aliphatic carbocycles. The van der Waals surface area contributed by atoms with E-state index in [-0.39, 0.29) is 17.9 Å². The van der Waals surface area contributed by atoms with Crippen LogP contribution in [0.5, 0.6) is 5.75 Å². The third-order valence-electron chi connectivity index (χ3n) is 2.83. The van der Waals surface area contributed by atoms with Gasteiger partial charge >= 0.3 is 6.61 Å². The molecule has 0 amide bonds. The van der Waals surface area contributed by atoms with Crippen molar-refractivity contribution in [1.29, 1.82) is 0 Å². The molecule has 0 heterocycles. The molecule has 0 saturated heterocycles. The van der Waals surface area contributed by atoms with Crippen molar-refractivity contribution < 1.29 is 18.3 Å². The zero-order valence-electron chi connectivity index (χ0n) is 12.2. The monoisotopic (exact) mass is 287 g/mol. The highest BCUT2D eigenvalue weighted by Gasteiger charge is 2.07. The lowest BCUT2D eigenvalue weighted by Gasteiger charge is -2.15. The number of ether oxygens (including phenoxy) is 2. The Morgan fingerprint density at radius 3 is 2.30 bits per heavy atom. The van der Waals surface area contributed by atoms with Crippen LogP contribution in [0, 0.1) is 0 Å². The number of halogens is 2.